The van der Waals surface area contributed by atoms with Crippen molar-refractivity contribution in [1.82, 2.24) is 15.6 Å². The van der Waals surface area contributed by atoms with E-state index in [1.165, 1.54) is 12.1 Å². The van der Waals surface area contributed by atoms with Crippen LogP contribution in [-0.2, 0) is 11.2 Å². The first kappa shape index (κ1) is 25.1. The van der Waals surface area contributed by atoms with Crippen molar-refractivity contribution in [3.8, 4) is 0 Å². The van der Waals surface area contributed by atoms with Crippen molar-refractivity contribution in [1.29, 1.82) is 0 Å². The summed E-state index contributed by atoms with van der Waals surface area (Å²) in [7, 11) is -1.73. The molecule has 10 heteroatoms. The first-order valence-electron chi connectivity index (χ1n) is 10.6. The van der Waals surface area contributed by atoms with E-state index in [4.69, 9.17) is 23.2 Å². The number of carbonyl (C=O) groups excluding carboxylic acids is 2. The van der Waals surface area contributed by atoms with E-state index >= 15 is 0 Å². The largest absolute Gasteiger partial charge is 0.475 e. The maximum atomic E-state index is 13.2. The number of halogens is 2. The summed E-state index contributed by atoms with van der Waals surface area (Å²) < 4.78 is 0. The highest BCUT2D eigenvalue weighted by Gasteiger charge is 2.31. The van der Waals surface area contributed by atoms with Crippen molar-refractivity contribution in [3.63, 3.8) is 0 Å². The van der Waals surface area contributed by atoms with E-state index in [0.29, 0.717) is 11.4 Å². The third kappa shape index (κ3) is 6.51. The molecule has 0 saturated heterocycles. The molecule has 0 fully saturated rings. The van der Waals surface area contributed by atoms with Gasteiger partial charge in [0.2, 0.25) is 5.91 Å². The normalized spacial score (nSPS) is 13.1. The molecular formula is C23H26BCl2N3O4. The maximum Gasteiger partial charge on any atom is 0.475 e. The van der Waals surface area contributed by atoms with Crippen LogP contribution in [0.2, 0.25) is 10.0 Å². The molecule has 5 N–H and O–H groups in total. The molecule has 33 heavy (non-hydrogen) atoms. The standard InChI is InChI=1S/C23H26BCl2N3O4/c1-13(2)9-21(24(32)33)29-23(31)20(10-14-12-27-19-6-4-3-5-16(14)19)28-22(30)17-11-15(25)7-8-18(17)26/h3-8,11-13,20-21,27,32-33H,9-10H2,1-2H3,(H,28,30)(H,29,31). The van der Waals surface area contributed by atoms with Crippen LogP contribution >= 0.6 is 23.2 Å². The van der Waals surface area contributed by atoms with Crippen LogP contribution in [-0.4, -0.2) is 45.9 Å². The van der Waals surface area contributed by atoms with Crippen LogP contribution in [0.25, 0.3) is 10.9 Å². The lowest BCUT2D eigenvalue weighted by molar-refractivity contribution is -0.123. The number of aromatic nitrogens is 1. The summed E-state index contributed by atoms with van der Waals surface area (Å²) in [6, 6.07) is 11.1. The minimum Gasteiger partial charge on any atom is -0.426 e. The first-order chi connectivity index (χ1) is 15.7. The number of hydrogen-bond donors (Lipinski definition) is 5. The SMILES string of the molecule is CC(C)CC(NC(=O)C(Cc1c[nH]c2ccccc12)NC(=O)c1cc(Cl)ccc1Cl)B(O)O. The molecule has 3 rings (SSSR count). The average molecular weight is 490 g/mol. The molecule has 0 radical (unpaired) electrons. The number of carbonyl (C=O) groups is 2. The highest BCUT2D eigenvalue weighted by atomic mass is 35.5. The predicted molar refractivity (Wildman–Crippen MR) is 131 cm³/mol. The number of aromatic amines is 1. The smallest absolute Gasteiger partial charge is 0.426 e. The summed E-state index contributed by atoms with van der Waals surface area (Å²) in [4.78, 5) is 29.3. The third-order valence-electron chi connectivity index (χ3n) is 5.31. The van der Waals surface area contributed by atoms with E-state index in [1.807, 2.05) is 38.1 Å². The number of benzene rings is 2. The molecule has 2 amide bonds. The van der Waals surface area contributed by atoms with E-state index in [-0.39, 0.29) is 22.9 Å². The van der Waals surface area contributed by atoms with E-state index in [0.717, 1.165) is 16.5 Å². The number of hydrogen-bond acceptors (Lipinski definition) is 4. The third-order valence-corrected chi connectivity index (χ3v) is 5.87. The second kappa shape index (κ2) is 11.1. The monoisotopic (exact) mass is 489 g/mol. The number of fused-ring (bicyclic) bond motifs is 1. The number of H-pyrrole nitrogens is 1. The Morgan fingerprint density at radius 1 is 1.09 bits per heavy atom. The molecule has 3 aromatic rings. The number of para-hydroxylation sites is 1. The highest BCUT2D eigenvalue weighted by Crippen LogP contribution is 2.22. The van der Waals surface area contributed by atoms with Crippen LogP contribution in [0, 0.1) is 5.92 Å². The van der Waals surface area contributed by atoms with Gasteiger partial charge in [0.15, 0.2) is 0 Å². The van der Waals surface area contributed by atoms with Crippen LogP contribution in [0.5, 0.6) is 0 Å². The molecular weight excluding hydrogens is 464 g/mol. The van der Waals surface area contributed by atoms with Crippen molar-refractivity contribution in [2.24, 2.45) is 5.92 Å². The molecule has 7 nitrogen and oxygen atoms in total. The minimum atomic E-state index is -1.73. The van der Waals surface area contributed by atoms with Gasteiger partial charge in [-0.2, -0.15) is 0 Å². The molecule has 174 valence electrons. The van der Waals surface area contributed by atoms with Gasteiger partial charge < -0.3 is 25.7 Å². The molecule has 0 aliphatic rings. The van der Waals surface area contributed by atoms with E-state index in [2.05, 4.69) is 15.6 Å². The van der Waals surface area contributed by atoms with E-state index in [1.54, 1.807) is 12.3 Å². The van der Waals surface area contributed by atoms with E-state index in [9.17, 15) is 19.6 Å². The lowest BCUT2D eigenvalue weighted by atomic mass is 9.75. The van der Waals surface area contributed by atoms with Crippen LogP contribution in [0.4, 0.5) is 0 Å². The lowest BCUT2D eigenvalue weighted by Gasteiger charge is -2.24. The zero-order valence-corrected chi connectivity index (χ0v) is 19.8. The maximum absolute atomic E-state index is 13.2. The Bertz CT molecular complexity index is 1140. The Hall–Kier alpha value is -2.52. The van der Waals surface area contributed by atoms with Gasteiger partial charge in [0.05, 0.1) is 16.5 Å². The van der Waals surface area contributed by atoms with Crippen molar-refractivity contribution in [2.45, 2.75) is 38.7 Å². The van der Waals surface area contributed by atoms with Gasteiger partial charge in [0.25, 0.3) is 5.91 Å². The molecule has 0 spiro atoms. The van der Waals surface area contributed by atoms with Crippen LogP contribution in [0.3, 0.4) is 0 Å². The number of nitrogens with one attached hydrogen (secondary N) is 3. The quantitative estimate of drug-likeness (QED) is 0.296. The Morgan fingerprint density at radius 2 is 1.82 bits per heavy atom. The molecule has 1 heterocycles. The Labute approximate surface area is 202 Å². The zero-order chi connectivity index (χ0) is 24.1. The molecule has 2 aromatic carbocycles. The van der Waals surface area contributed by atoms with Crippen LogP contribution < -0.4 is 10.6 Å². The summed E-state index contributed by atoms with van der Waals surface area (Å²) >= 11 is 12.2. The van der Waals surface area contributed by atoms with E-state index < -0.39 is 30.9 Å². The van der Waals surface area contributed by atoms with Gasteiger partial charge in [-0.3, -0.25) is 9.59 Å². The van der Waals surface area contributed by atoms with Gasteiger partial charge in [-0.05, 0) is 42.2 Å². The topological polar surface area (TPSA) is 114 Å². The zero-order valence-electron chi connectivity index (χ0n) is 18.3. The number of amides is 2. The van der Waals surface area contributed by atoms with Gasteiger partial charge in [-0.1, -0.05) is 55.2 Å². The average Bonchev–Trinajstić information content (AvgIpc) is 3.17. The van der Waals surface area contributed by atoms with Crippen molar-refractivity contribution >= 4 is 53.0 Å². The molecule has 0 bridgehead atoms. The Balaban J connectivity index is 1.88. The second-order valence-electron chi connectivity index (χ2n) is 8.37. The van der Waals surface area contributed by atoms with Crippen LogP contribution in [0.1, 0.15) is 36.2 Å². The molecule has 0 aliphatic heterocycles. The Morgan fingerprint density at radius 3 is 2.52 bits per heavy atom. The van der Waals surface area contributed by atoms with Gasteiger partial charge in [-0.25, -0.2) is 0 Å². The first-order valence-corrected chi connectivity index (χ1v) is 11.4. The molecule has 1 aromatic heterocycles. The highest BCUT2D eigenvalue weighted by molar-refractivity contribution is 6.43. The molecule has 2 atom stereocenters. The van der Waals surface area contributed by atoms with Gasteiger partial charge in [0.1, 0.15) is 6.04 Å². The fraction of sp³-hybridized carbons (Fsp3) is 0.304. The van der Waals surface area contributed by atoms with Crippen molar-refractivity contribution < 1.29 is 19.6 Å². The predicted octanol–water partition coefficient (Wildman–Crippen LogP) is 3.36. The second-order valence-corrected chi connectivity index (χ2v) is 9.22. The summed E-state index contributed by atoms with van der Waals surface area (Å²) in [5, 5.41) is 26.3. The van der Waals surface area contributed by atoms with Crippen molar-refractivity contribution in [3.05, 3.63) is 69.8 Å². The summed E-state index contributed by atoms with van der Waals surface area (Å²) in [5.41, 5.74) is 1.87. The molecule has 0 saturated carbocycles. The lowest BCUT2D eigenvalue weighted by Crippen LogP contribution is -2.55. The van der Waals surface area contributed by atoms with Gasteiger partial charge >= 0.3 is 7.12 Å². The minimum absolute atomic E-state index is 0.115. The number of rotatable bonds is 9. The molecule has 2 unspecified atom stereocenters. The fourth-order valence-electron chi connectivity index (χ4n) is 3.68. The summed E-state index contributed by atoms with van der Waals surface area (Å²) in [5.74, 6) is -1.86. The van der Waals surface area contributed by atoms with Gasteiger partial charge in [-0.15, -0.1) is 0 Å². The summed E-state index contributed by atoms with van der Waals surface area (Å²) in [6.07, 6.45) is 2.32. The van der Waals surface area contributed by atoms with Crippen LogP contribution in [0.15, 0.2) is 48.7 Å². The molecule has 0 aliphatic carbocycles. The fourth-order valence-corrected chi connectivity index (χ4v) is 4.06. The van der Waals surface area contributed by atoms with Crippen molar-refractivity contribution in [2.75, 3.05) is 0 Å². The Kier molecular flexibility index (Phi) is 8.43. The summed E-state index contributed by atoms with van der Waals surface area (Å²) in [6.45, 7) is 3.82. The van der Waals surface area contributed by atoms with Gasteiger partial charge in [0, 0.05) is 28.5 Å².